The van der Waals surface area contributed by atoms with Gasteiger partial charge in [-0.1, -0.05) is 19.1 Å². The number of nitrogens with one attached hydrogen (secondary N) is 1. The maximum absolute atomic E-state index is 11.1. The van der Waals surface area contributed by atoms with E-state index in [-0.39, 0.29) is 0 Å². The molecule has 2 rings (SSSR count). The second-order valence-electron chi connectivity index (χ2n) is 5.57. The summed E-state index contributed by atoms with van der Waals surface area (Å²) in [5.41, 5.74) is 2.90. The number of anilines is 1. The Hall–Kier alpha value is -1.51. The molecule has 92 valence electrons. The minimum atomic E-state index is -0.746. The molecule has 0 spiro atoms. The molecule has 1 aliphatic rings. The summed E-state index contributed by atoms with van der Waals surface area (Å²) in [6.07, 6.45) is 0.572. The number of rotatable bonds is 3. The fraction of sp³-hybridized carbons (Fsp3) is 0.500. The molecule has 0 saturated heterocycles. The highest BCUT2D eigenvalue weighted by molar-refractivity contribution is 5.74. The van der Waals surface area contributed by atoms with Gasteiger partial charge < -0.3 is 10.4 Å². The molecule has 1 heterocycles. The van der Waals surface area contributed by atoms with E-state index >= 15 is 0 Å². The summed E-state index contributed by atoms with van der Waals surface area (Å²) in [5, 5.41) is 12.5. The summed E-state index contributed by atoms with van der Waals surface area (Å²) in [4.78, 5) is 11.1. The van der Waals surface area contributed by atoms with Gasteiger partial charge in [-0.25, -0.2) is 0 Å². The van der Waals surface area contributed by atoms with E-state index in [1.165, 1.54) is 11.3 Å². The largest absolute Gasteiger partial charge is 0.481 e. The summed E-state index contributed by atoms with van der Waals surface area (Å²) in [6, 6.07) is 6.23. The van der Waals surface area contributed by atoms with E-state index in [1.54, 1.807) is 13.8 Å². The Morgan fingerprint density at radius 1 is 1.53 bits per heavy atom. The minimum absolute atomic E-state index is 0.512. The van der Waals surface area contributed by atoms with Crippen LogP contribution in [0.15, 0.2) is 18.2 Å². The lowest BCUT2D eigenvalue weighted by Gasteiger charge is -2.19. The number of benzene rings is 1. The number of carbonyl (C=O) groups is 1. The molecular weight excluding hydrogens is 214 g/mol. The van der Waals surface area contributed by atoms with Gasteiger partial charge in [0.15, 0.2) is 0 Å². The second kappa shape index (κ2) is 4.06. The van der Waals surface area contributed by atoms with Gasteiger partial charge in [0.25, 0.3) is 0 Å². The van der Waals surface area contributed by atoms with Crippen molar-refractivity contribution in [2.75, 3.05) is 11.9 Å². The number of hydrogen-bond acceptors (Lipinski definition) is 2. The van der Waals surface area contributed by atoms with Gasteiger partial charge in [0.05, 0.1) is 5.41 Å². The summed E-state index contributed by atoms with van der Waals surface area (Å²) in [7, 11) is 0. The van der Waals surface area contributed by atoms with E-state index in [2.05, 4.69) is 24.4 Å². The van der Waals surface area contributed by atoms with Crippen molar-refractivity contribution in [2.45, 2.75) is 33.1 Å². The van der Waals surface area contributed by atoms with Crippen molar-refractivity contribution >= 4 is 11.7 Å². The monoisotopic (exact) mass is 233 g/mol. The molecule has 0 bridgehead atoms. The van der Waals surface area contributed by atoms with Crippen molar-refractivity contribution in [3.63, 3.8) is 0 Å². The van der Waals surface area contributed by atoms with Gasteiger partial charge in [0.1, 0.15) is 0 Å². The van der Waals surface area contributed by atoms with Crippen LogP contribution in [0.25, 0.3) is 0 Å². The smallest absolute Gasteiger partial charge is 0.309 e. The van der Waals surface area contributed by atoms with Crippen LogP contribution in [0.5, 0.6) is 0 Å². The highest BCUT2D eigenvalue weighted by Crippen LogP contribution is 2.33. The highest BCUT2D eigenvalue weighted by atomic mass is 16.4. The first-order chi connectivity index (χ1) is 7.90. The predicted molar refractivity (Wildman–Crippen MR) is 68.5 cm³/mol. The van der Waals surface area contributed by atoms with E-state index in [4.69, 9.17) is 5.11 Å². The zero-order chi connectivity index (χ0) is 12.6. The lowest BCUT2D eigenvalue weighted by Crippen LogP contribution is -2.26. The molecule has 0 saturated carbocycles. The van der Waals surface area contributed by atoms with Gasteiger partial charge in [0.2, 0.25) is 0 Å². The van der Waals surface area contributed by atoms with E-state index in [1.807, 2.05) is 6.07 Å². The molecular formula is C14H19NO2. The van der Waals surface area contributed by atoms with Crippen LogP contribution >= 0.6 is 0 Å². The third-order valence-corrected chi connectivity index (χ3v) is 3.47. The lowest BCUT2D eigenvalue weighted by atomic mass is 9.85. The van der Waals surface area contributed by atoms with Crippen LogP contribution in [-0.4, -0.2) is 17.6 Å². The van der Waals surface area contributed by atoms with E-state index in [9.17, 15) is 4.79 Å². The van der Waals surface area contributed by atoms with Crippen LogP contribution < -0.4 is 5.32 Å². The molecule has 0 radical (unpaired) electrons. The Bertz CT molecular complexity index is 452. The average molecular weight is 233 g/mol. The van der Waals surface area contributed by atoms with Gasteiger partial charge >= 0.3 is 5.97 Å². The Morgan fingerprint density at radius 3 is 2.88 bits per heavy atom. The zero-order valence-corrected chi connectivity index (χ0v) is 10.6. The van der Waals surface area contributed by atoms with Crippen molar-refractivity contribution in [3.8, 4) is 0 Å². The van der Waals surface area contributed by atoms with Gasteiger partial charge in [-0.05, 0) is 37.5 Å². The van der Waals surface area contributed by atoms with Crippen molar-refractivity contribution < 1.29 is 9.90 Å². The maximum Gasteiger partial charge on any atom is 0.309 e. The molecule has 1 atom stereocenters. The number of hydrogen-bond donors (Lipinski definition) is 2. The first kappa shape index (κ1) is 12.0. The Balaban J connectivity index is 2.24. The van der Waals surface area contributed by atoms with Gasteiger partial charge in [0, 0.05) is 18.2 Å². The van der Waals surface area contributed by atoms with Crippen LogP contribution in [0, 0.1) is 5.41 Å². The van der Waals surface area contributed by atoms with Crippen LogP contribution in [0.2, 0.25) is 0 Å². The van der Waals surface area contributed by atoms with Crippen molar-refractivity contribution in [1.82, 2.24) is 0 Å². The van der Waals surface area contributed by atoms with Crippen molar-refractivity contribution in [1.29, 1.82) is 0 Å². The topological polar surface area (TPSA) is 49.3 Å². The third-order valence-electron chi connectivity index (χ3n) is 3.47. The molecule has 1 aromatic carbocycles. The molecule has 0 aliphatic carbocycles. The Kier molecular flexibility index (Phi) is 2.86. The lowest BCUT2D eigenvalue weighted by molar-refractivity contribution is -0.146. The van der Waals surface area contributed by atoms with Gasteiger partial charge in [-0.2, -0.15) is 0 Å². The minimum Gasteiger partial charge on any atom is -0.481 e. The Morgan fingerprint density at radius 2 is 2.24 bits per heavy atom. The van der Waals surface area contributed by atoms with Gasteiger partial charge in [-0.3, -0.25) is 4.79 Å². The summed E-state index contributed by atoms with van der Waals surface area (Å²) >= 11 is 0. The molecule has 0 aromatic heterocycles. The van der Waals surface area contributed by atoms with Crippen molar-refractivity contribution in [2.24, 2.45) is 5.41 Å². The average Bonchev–Trinajstić information content (AvgIpc) is 2.60. The third kappa shape index (κ3) is 2.28. The highest BCUT2D eigenvalue weighted by Gasteiger charge is 2.28. The van der Waals surface area contributed by atoms with Crippen LogP contribution in [0.3, 0.4) is 0 Å². The van der Waals surface area contributed by atoms with Crippen LogP contribution in [0.4, 0.5) is 5.69 Å². The van der Waals surface area contributed by atoms with E-state index in [0.717, 1.165) is 12.1 Å². The predicted octanol–water partition coefficient (Wildman–Crippen LogP) is 2.87. The number of carboxylic acid groups (broad SMARTS) is 1. The van der Waals surface area contributed by atoms with E-state index < -0.39 is 11.4 Å². The molecule has 1 aliphatic heterocycles. The SMILES string of the molecule is CC1CNc2ccc(CC(C)(C)C(=O)O)cc21. The zero-order valence-electron chi connectivity index (χ0n) is 10.6. The molecule has 17 heavy (non-hydrogen) atoms. The number of fused-ring (bicyclic) bond motifs is 1. The summed E-state index contributed by atoms with van der Waals surface area (Å²) in [6.45, 7) is 6.69. The second-order valence-corrected chi connectivity index (χ2v) is 5.57. The van der Waals surface area contributed by atoms with Crippen LogP contribution in [-0.2, 0) is 11.2 Å². The fourth-order valence-corrected chi connectivity index (χ4v) is 2.25. The fourth-order valence-electron chi connectivity index (χ4n) is 2.25. The standard InChI is InChI=1S/C14H19NO2/c1-9-8-15-12-5-4-10(6-11(9)12)7-14(2,3)13(16)17/h4-6,9,15H,7-8H2,1-3H3,(H,16,17). The first-order valence-corrected chi connectivity index (χ1v) is 6.00. The summed E-state index contributed by atoms with van der Waals surface area (Å²) < 4.78 is 0. The quantitative estimate of drug-likeness (QED) is 0.844. The molecule has 3 nitrogen and oxygen atoms in total. The first-order valence-electron chi connectivity index (χ1n) is 6.00. The number of carboxylic acids is 1. The molecule has 0 amide bonds. The molecule has 0 fully saturated rings. The Labute approximate surface area is 102 Å². The maximum atomic E-state index is 11.1. The van der Waals surface area contributed by atoms with Crippen molar-refractivity contribution in [3.05, 3.63) is 29.3 Å². The molecule has 3 heteroatoms. The van der Waals surface area contributed by atoms with E-state index in [0.29, 0.717) is 12.3 Å². The summed E-state index contributed by atoms with van der Waals surface area (Å²) in [5.74, 6) is -0.234. The molecule has 2 N–H and O–H groups in total. The van der Waals surface area contributed by atoms with Gasteiger partial charge in [-0.15, -0.1) is 0 Å². The molecule has 1 unspecified atom stereocenters. The van der Waals surface area contributed by atoms with Crippen LogP contribution in [0.1, 0.15) is 37.8 Å². The molecule has 1 aromatic rings. The normalized spacial score (nSPS) is 18.6. The number of aliphatic carboxylic acids is 1.